The van der Waals surface area contributed by atoms with Gasteiger partial charge in [-0.15, -0.1) is 0 Å². The molecule has 1 amide bonds. The summed E-state index contributed by atoms with van der Waals surface area (Å²) in [4.78, 5) is 16.1. The van der Waals surface area contributed by atoms with Crippen LogP contribution in [-0.4, -0.2) is 47.3 Å². The molecule has 0 atom stereocenters. The minimum absolute atomic E-state index is 0.0348. The maximum Gasteiger partial charge on any atom is 0.406 e. The largest absolute Gasteiger partial charge is 0.406 e. The zero-order chi connectivity index (χ0) is 15.2. The number of carbonyl (C=O) groups is 1. The average Bonchev–Trinajstić information content (AvgIpc) is 2.36. The summed E-state index contributed by atoms with van der Waals surface area (Å²) < 4.78 is 36.6. The van der Waals surface area contributed by atoms with Gasteiger partial charge in [-0.1, -0.05) is 11.8 Å². The summed E-state index contributed by atoms with van der Waals surface area (Å²) in [6.45, 7) is -1.42. The molecular formula is C13H13F3N2O2. The van der Waals surface area contributed by atoms with Gasteiger partial charge in [-0.3, -0.25) is 9.78 Å². The summed E-state index contributed by atoms with van der Waals surface area (Å²) in [5.41, 5.74) is 0.442. The van der Waals surface area contributed by atoms with Crippen LogP contribution in [0.5, 0.6) is 0 Å². The predicted molar refractivity (Wildman–Crippen MR) is 65.8 cm³/mol. The van der Waals surface area contributed by atoms with Gasteiger partial charge in [0, 0.05) is 31.4 Å². The zero-order valence-electron chi connectivity index (χ0n) is 10.7. The van der Waals surface area contributed by atoms with E-state index in [4.69, 9.17) is 5.11 Å². The smallest absolute Gasteiger partial charge is 0.395 e. The van der Waals surface area contributed by atoms with Crippen molar-refractivity contribution in [3.05, 3.63) is 29.6 Å². The van der Waals surface area contributed by atoms with Crippen LogP contribution < -0.4 is 0 Å². The lowest BCUT2D eigenvalue weighted by Gasteiger charge is -2.18. The second-order valence-corrected chi connectivity index (χ2v) is 4.01. The maximum absolute atomic E-state index is 12.2. The van der Waals surface area contributed by atoms with Crippen LogP contribution in [-0.2, 0) is 0 Å². The van der Waals surface area contributed by atoms with E-state index in [1.807, 2.05) is 0 Å². The number of pyridine rings is 1. The molecule has 0 saturated carbocycles. The molecule has 1 heterocycles. The van der Waals surface area contributed by atoms with E-state index in [-0.39, 0.29) is 18.6 Å². The number of aromatic nitrogens is 1. The molecule has 0 radical (unpaired) electrons. The minimum atomic E-state index is -4.45. The third-order valence-corrected chi connectivity index (χ3v) is 2.22. The van der Waals surface area contributed by atoms with Crippen molar-refractivity contribution >= 4 is 5.91 Å². The fourth-order valence-electron chi connectivity index (χ4n) is 1.41. The van der Waals surface area contributed by atoms with Crippen LogP contribution in [0, 0.1) is 11.8 Å². The van der Waals surface area contributed by atoms with Crippen molar-refractivity contribution in [1.29, 1.82) is 0 Å². The molecule has 0 aliphatic rings. The van der Waals surface area contributed by atoms with E-state index >= 15 is 0 Å². The van der Waals surface area contributed by atoms with Crippen molar-refractivity contribution in [2.75, 3.05) is 20.2 Å². The summed E-state index contributed by atoms with van der Waals surface area (Å²) in [5.74, 6) is 4.53. The Morgan fingerprint density at radius 2 is 2.15 bits per heavy atom. The average molecular weight is 286 g/mol. The van der Waals surface area contributed by atoms with E-state index < -0.39 is 18.6 Å². The number of hydrogen-bond acceptors (Lipinski definition) is 3. The van der Waals surface area contributed by atoms with Gasteiger partial charge >= 0.3 is 6.18 Å². The molecule has 7 heteroatoms. The monoisotopic (exact) mass is 286 g/mol. The normalized spacial score (nSPS) is 10.7. The molecule has 1 aromatic rings. The van der Waals surface area contributed by atoms with Crippen molar-refractivity contribution in [2.45, 2.75) is 12.6 Å². The van der Waals surface area contributed by atoms with Gasteiger partial charge in [0.2, 0.25) is 0 Å². The molecule has 0 aliphatic heterocycles. The highest BCUT2D eigenvalue weighted by molar-refractivity contribution is 5.94. The van der Waals surface area contributed by atoms with E-state index in [0.717, 1.165) is 7.05 Å². The van der Waals surface area contributed by atoms with Gasteiger partial charge in [0.25, 0.3) is 5.91 Å². The molecule has 0 aliphatic carbocycles. The Bertz CT molecular complexity index is 532. The summed E-state index contributed by atoms with van der Waals surface area (Å²) in [6, 6.07) is 1.37. The first kappa shape index (κ1) is 16.0. The highest BCUT2D eigenvalue weighted by atomic mass is 19.4. The summed E-state index contributed by atoms with van der Waals surface area (Å²) in [6.07, 6.45) is -1.60. The molecule has 20 heavy (non-hydrogen) atoms. The number of aliphatic hydroxyl groups excluding tert-OH is 1. The first-order valence-corrected chi connectivity index (χ1v) is 5.70. The Kier molecular flexibility index (Phi) is 5.53. The number of amides is 1. The van der Waals surface area contributed by atoms with Crippen LogP contribution in [0.15, 0.2) is 18.5 Å². The topological polar surface area (TPSA) is 53.4 Å². The van der Waals surface area contributed by atoms with Crippen LogP contribution in [0.4, 0.5) is 13.2 Å². The van der Waals surface area contributed by atoms with Crippen LogP contribution in [0.1, 0.15) is 22.3 Å². The summed E-state index contributed by atoms with van der Waals surface area (Å²) in [7, 11) is 1.07. The number of alkyl halides is 3. The van der Waals surface area contributed by atoms with E-state index in [1.165, 1.54) is 18.5 Å². The van der Waals surface area contributed by atoms with Crippen molar-refractivity contribution < 1.29 is 23.1 Å². The molecule has 4 nitrogen and oxygen atoms in total. The van der Waals surface area contributed by atoms with E-state index in [0.29, 0.717) is 10.5 Å². The molecule has 0 bridgehead atoms. The van der Waals surface area contributed by atoms with Crippen LogP contribution in [0.3, 0.4) is 0 Å². The zero-order valence-corrected chi connectivity index (χ0v) is 10.7. The van der Waals surface area contributed by atoms with Gasteiger partial charge < -0.3 is 10.0 Å². The van der Waals surface area contributed by atoms with Crippen molar-refractivity contribution in [2.24, 2.45) is 0 Å². The van der Waals surface area contributed by atoms with Gasteiger partial charge in [-0.2, -0.15) is 13.2 Å². The van der Waals surface area contributed by atoms with Crippen LogP contribution >= 0.6 is 0 Å². The maximum atomic E-state index is 12.2. The fourth-order valence-corrected chi connectivity index (χ4v) is 1.41. The Balaban J connectivity index is 2.84. The molecule has 0 saturated heterocycles. The number of rotatable bonds is 3. The Morgan fingerprint density at radius 1 is 1.45 bits per heavy atom. The van der Waals surface area contributed by atoms with E-state index in [9.17, 15) is 18.0 Å². The fraction of sp³-hybridized carbons (Fsp3) is 0.385. The Morgan fingerprint density at radius 3 is 2.75 bits per heavy atom. The lowest BCUT2D eigenvalue weighted by molar-refractivity contribution is -0.138. The molecule has 1 rings (SSSR count). The third kappa shape index (κ3) is 5.28. The first-order chi connectivity index (χ1) is 9.33. The first-order valence-electron chi connectivity index (χ1n) is 5.70. The van der Waals surface area contributed by atoms with Gasteiger partial charge in [0.1, 0.15) is 6.54 Å². The summed E-state index contributed by atoms with van der Waals surface area (Å²) >= 11 is 0. The number of halogens is 3. The van der Waals surface area contributed by atoms with Crippen molar-refractivity contribution in [3.63, 3.8) is 0 Å². The molecule has 1 aromatic heterocycles. The quantitative estimate of drug-likeness (QED) is 0.856. The van der Waals surface area contributed by atoms with Gasteiger partial charge in [-0.05, 0) is 6.07 Å². The SMILES string of the molecule is CN(CC(F)(F)F)C(=O)c1cncc(C#CCCO)c1. The molecular weight excluding hydrogens is 273 g/mol. The van der Waals surface area contributed by atoms with Gasteiger partial charge in [0.05, 0.1) is 12.2 Å². The number of nitrogens with zero attached hydrogens (tertiary/aromatic N) is 2. The number of carbonyl (C=O) groups excluding carboxylic acids is 1. The van der Waals surface area contributed by atoms with E-state index in [1.54, 1.807) is 0 Å². The number of aliphatic hydroxyl groups is 1. The molecule has 1 N–H and O–H groups in total. The Hall–Kier alpha value is -2.07. The van der Waals surface area contributed by atoms with Crippen molar-refractivity contribution in [3.8, 4) is 11.8 Å². The van der Waals surface area contributed by atoms with Crippen molar-refractivity contribution in [1.82, 2.24) is 9.88 Å². The molecule has 108 valence electrons. The third-order valence-electron chi connectivity index (χ3n) is 2.22. The molecule has 0 unspecified atom stereocenters. The molecule has 0 fully saturated rings. The highest BCUT2D eigenvalue weighted by Gasteiger charge is 2.31. The lowest BCUT2D eigenvalue weighted by Crippen LogP contribution is -2.35. The second-order valence-electron chi connectivity index (χ2n) is 4.01. The van der Waals surface area contributed by atoms with Gasteiger partial charge in [-0.25, -0.2) is 0 Å². The lowest BCUT2D eigenvalue weighted by atomic mass is 10.2. The predicted octanol–water partition coefficient (Wildman–Crippen LogP) is 1.45. The summed E-state index contributed by atoms with van der Waals surface area (Å²) in [5, 5.41) is 8.58. The van der Waals surface area contributed by atoms with Gasteiger partial charge in [0.15, 0.2) is 0 Å². The highest BCUT2D eigenvalue weighted by Crippen LogP contribution is 2.17. The minimum Gasteiger partial charge on any atom is -0.395 e. The molecule has 0 aromatic carbocycles. The number of hydrogen-bond donors (Lipinski definition) is 1. The van der Waals surface area contributed by atoms with E-state index in [2.05, 4.69) is 16.8 Å². The second kappa shape index (κ2) is 6.91. The van der Waals surface area contributed by atoms with Crippen LogP contribution in [0.2, 0.25) is 0 Å². The van der Waals surface area contributed by atoms with Crippen LogP contribution in [0.25, 0.3) is 0 Å². The molecule has 0 spiro atoms. The Labute approximate surface area is 114 Å². The standard InChI is InChI=1S/C13H13F3N2O2/c1-18(9-13(14,15)16)12(20)11-6-10(7-17-8-11)4-2-3-5-19/h6-8,19H,3,5,9H2,1H3.